The molecule has 7 heteroatoms. The Kier molecular flexibility index (Phi) is 4.06. The third-order valence-corrected chi connectivity index (χ3v) is 2.78. The molecule has 5 nitrogen and oxygen atoms in total. The molecule has 0 fully saturated rings. The molecule has 0 spiro atoms. The Morgan fingerprint density at radius 1 is 1.33 bits per heavy atom. The molecule has 2 rings (SSSR count). The predicted molar refractivity (Wildman–Crippen MR) is 68.3 cm³/mol. The average Bonchev–Trinajstić information content (AvgIpc) is 2.40. The summed E-state index contributed by atoms with van der Waals surface area (Å²) in [5, 5.41) is 0. The summed E-state index contributed by atoms with van der Waals surface area (Å²) in [6.07, 6.45) is 3.02. The lowest BCUT2D eigenvalue weighted by Crippen LogP contribution is -2.09. The van der Waals surface area contributed by atoms with E-state index in [1.165, 1.54) is 24.5 Å². The fraction of sp³-hybridized carbons (Fsp3) is 0.0909. The van der Waals surface area contributed by atoms with Crippen molar-refractivity contribution >= 4 is 21.7 Å². The maximum Gasteiger partial charge on any atom is 0.158 e. The van der Waals surface area contributed by atoms with Crippen LogP contribution in [0.5, 0.6) is 5.75 Å². The number of nitrogens with one attached hydrogen (secondary N) is 1. The second kappa shape index (κ2) is 5.74. The second-order valence-corrected chi connectivity index (χ2v) is 4.26. The number of nitrogen functional groups attached to an aromatic ring is 1. The van der Waals surface area contributed by atoms with Crippen molar-refractivity contribution in [3.63, 3.8) is 0 Å². The van der Waals surface area contributed by atoms with Crippen molar-refractivity contribution in [2.45, 2.75) is 6.61 Å². The summed E-state index contributed by atoms with van der Waals surface area (Å²) in [6.45, 7) is 0.194. The van der Waals surface area contributed by atoms with E-state index in [0.717, 1.165) is 0 Å². The summed E-state index contributed by atoms with van der Waals surface area (Å²) in [4.78, 5) is 8.06. The SMILES string of the molecule is NNc1cnc(COc2cc(F)ccc2Br)cn1. The summed E-state index contributed by atoms with van der Waals surface area (Å²) < 4.78 is 19.1. The monoisotopic (exact) mass is 312 g/mol. The van der Waals surface area contributed by atoms with Crippen LogP contribution in [0.4, 0.5) is 10.2 Å². The molecule has 94 valence electrons. The first-order valence-corrected chi connectivity index (χ1v) is 5.83. The number of hydrazine groups is 1. The second-order valence-electron chi connectivity index (χ2n) is 3.40. The number of nitrogens with two attached hydrogens (primary N) is 1. The Hall–Kier alpha value is -1.73. The van der Waals surface area contributed by atoms with Gasteiger partial charge in [-0.1, -0.05) is 0 Å². The third kappa shape index (κ3) is 3.14. The first-order chi connectivity index (χ1) is 8.69. The lowest BCUT2D eigenvalue weighted by molar-refractivity contribution is 0.297. The quantitative estimate of drug-likeness (QED) is 0.669. The largest absolute Gasteiger partial charge is 0.486 e. The number of rotatable bonds is 4. The molecule has 0 aliphatic rings. The van der Waals surface area contributed by atoms with Crippen LogP contribution in [-0.2, 0) is 6.61 Å². The van der Waals surface area contributed by atoms with E-state index in [2.05, 4.69) is 31.3 Å². The number of benzene rings is 1. The van der Waals surface area contributed by atoms with Gasteiger partial charge in [0.2, 0.25) is 0 Å². The zero-order valence-electron chi connectivity index (χ0n) is 9.23. The van der Waals surface area contributed by atoms with Crippen molar-refractivity contribution in [1.29, 1.82) is 0 Å². The van der Waals surface area contributed by atoms with Gasteiger partial charge in [-0.2, -0.15) is 0 Å². The fourth-order valence-electron chi connectivity index (χ4n) is 1.24. The van der Waals surface area contributed by atoms with Crippen LogP contribution in [0.2, 0.25) is 0 Å². The first-order valence-electron chi connectivity index (χ1n) is 5.04. The molecule has 0 aliphatic carbocycles. The van der Waals surface area contributed by atoms with Crippen molar-refractivity contribution in [2.24, 2.45) is 5.84 Å². The molecular weight excluding hydrogens is 303 g/mol. The summed E-state index contributed by atoms with van der Waals surface area (Å²) in [5.74, 6) is 5.69. The number of hydrogen-bond acceptors (Lipinski definition) is 5. The van der Waals surface area contributed by atoms with Crippen molar-refractivity contribution in [1.82, 2.24) is 9.97 Å². The Balaban J connectivity index is 2.04. The van der Waals surface area contributed by atoms with E-state index in [9.17, 15) is 4.39 Å². The minimum atomic E-state index is -0.359. The van der Waals surface area contributed by atoms with Gasteiger partial charge in [0.15, 0.2) is 5.82 Å². The molecule has 2 aromatic rings. The molecule has 0 radical (unpaired) electrons. The topological polar surface area (TPSA) is 73.1 Å². The molecule has 0 atom stereocenters. The molecule has 0 bridgehead atoms. The summed E-state index contributed by atoms with van der Waals surface area (Å²) in [6, 6.07) is 4.23. The minimum Gasteiger partial charge on any atom is -0.486 e. The van der Waals surface area contributed by atoms with Crippen LogP contribution in [0.1, 0.15) is 5.69 Å². The summed E-state index contributed by atoms with van der Waals surface area (Å²) in [5.41, 5.74) is 2.99. The molecule has 1 aromatic carbocycles. The van der Waals surface area contributed by atoms with Gasteiger partial charge in [0.1, 0.15) is 18.2 Å². The molecule has 0 saturated heterocycles. The third-order valence-electron chi connectivity index (χ3n) is 2.12. The van der Waals surface area contributed by atoms with E-state index in [1.54, 1.807) is 6.07 Å². The van der Waals surface area contributed by atoms with Crippen molar-refractivity contribution in [3.8, 4) is 5.75 Å². The van der Waals surface area contributed by atoms with Gasteiger partial charge in [-0.05, 0) is 28.1 Å². The Morgan fingerprint density at radius 2 is 2.17 bits per heavy atom. The Labute approximate surface area is 111 Å². The Bertz CT molecular complexity index is 535. The lowest BCUT2D eigenvalue weighted by Gasteiger charge is -2.07. The highest BCUT2D eigenvalue weighted by Crippen LogP contribution is 2.26. The van der Waals surface area contributed by atoms with E-state index in [-0.39, 0.29) is 12.4 Å². The zero-order chi connectivity index (χ0) is 13.0. The molecule has 18 heavy (non-hydrogen) atoms. The fourth-order valence-corrected chi connectivity index (χ4v) is 1.60. The van der Waals surface area contributed by atoms with Crippen LogP contribution in [0.25, 0.3) is 0 Å². The number of halogens is 2. The first kappa shape index (κ1) is 12.7. The molecule has 1 aromatic heterocycles. The summed E-state index contributed by atoms with van der Waals surface area (Å²) >= 11 is 3.27. The molecule has 0 unspecified atom stereocenters. The van der Waals surface area contributed by atoms with Crippen molar-refractivity contribution in [3.05, 3.63) is 46.6 Å². The van der Waals surface area contributed by atoms with Gasteiger partial charge in [-0.15, -0.1) is 0 Å². The van der Waals surface area contributed by atoms with Crippen LogP contribution in [0.15, 0.2) is 35.1 Å². The smallest absolute Gasteiger partial charge is 0.158 e. The van der Waals surface area contributed by atoms with Crippen LogP contribution in [-0.4, -0.2) is 9.97 Å². The van der Waals surface area contributed by atoms with Gasteiger partial charge in [-0.3, -0.25) is 4.98 Å². The Morgan fingerprint density at radius 3 is 2.83 bits per heavy atom. The van der Waals surface area contributed by atoms with Crippen molar-refractivity contribution < 1.29 is 9.13 Å². The van der Waals surface area contributed by atoms with Gasteiger partial charge >= 0.3 is 0 Å². The van der Waals surface area contributed by atoms with Crippen LogP contribution in [0, 0.1) is 5.82 Å². The maximum absolute atomic E-state index is 13.0. The molecule has 0 aliphatic heterocycles. The van der Waals surface area contributed by atoms with Crippen LogP contribution in [0.3, 0.4) is 0 Å². The van der Waals surface area contributed by atoms with E-state index in [0.29, 0.717) is 21.7 Å². The van der Waals surface area contributed by atoms with E-state index in [4.69, 9.17) is 10.6 Å². The number of ether oxygens (including phenoxy) is 1. The lowest BCUT2D eigenvalue weighted by atomic mass is 10.3. The van der Waals surface area contributed by atoms with Gasteiger partial charge in [0, 0.05) is 6.07 Å². The van der Waals surface area contributed by atoms with Gasteiger partial charge in [0.05, 0.1) is 22.6 Å². The maximum atomic E-state index is 13.0. The number of anilines is 1. The normalized spacial score (nSPS) is 10.2. The molecule has 0 amide bonds. The van der Waals surface area contributed by atoms with E-state index in [1.807, 2.05) is 0 Å². The van der Waals surface area contributed by atoms with Crippen LogP contribution < -0.4 is 16.0 Å². The molecule has 3 N–H and O–H groups in total. The number of hydrogen-bond donors (Lipinski definition) is 2. The van der Waals surface area contributed by atoms with Gasteiger partial charge in [0.25, 0.3) is 0 Å². The van der Waals surface area contributed by atoms with Gasteiger partial charge in [-0.25, -0.2) is 15.2 Å². The van der Waals surface area contributed by atoms with Crippen molar-refractivity contribution in [2.75, 3.05) is 5.43 Å². The number of nitrogens with zero attached hydrogens (tertiary/aromatic N) is 2. The average molecular weight is 313 g/mol. The molecule has 1 heterocycles. The summed E-state index contributed by atoms with van der Waals surface area (Å²) in [7, 11) is 0. The van der Waals surface area contributed by atoms with Crippen LogP contribution >= 0.6 is 15.9 Å². The van der Waals surface area contributed by atoms with E-state index < -0.39 is 0 Å². The highest BCUT2D eigenvalue weighted by molar-refractivity contribution is 9.10. The molecular formula is C11H10BrFN4O. The predicted octanol–water partition coefficient (Wildman–Crippen LogP) is 2.24. The van der Waals surface area contributed by atoms with E-state index >= 15 is 0 Å². The zero-order valence-corrected chi connectivity index (χ0v) is 10.8. The highest BCUT2D eigenvalue weighted by atomic mass is 79.9. The highest BCUT2D eigenvalue weighted by Gasteiger charge is 2.04. The van der Waals surface area contributed by atoms with Gasteiger partial charge < -0.3 is 10.2 Å². The number of aromatic nitrogens is 2. The standard InChI is InChI=1S/C11H10BrFN4O/c12-9-2-1-7(13)3-10(9)18-6-8-4-16-11(17-14)5-15-8/h1-5H,6,14H2,(H,16,17). The molecule has 0 saturated carbocycles. The minimum absolute atomic E-state index is 0.194.